The molecule has 0 amide bonds. The van der Waals surface area contributed by atoms with E-state index in [2.05, 4.69) is 64.2 Å². The molecular weight excluding hydrogens is 250 g/mol. The van der Waals surface area contributed by atoms with Crippen molar-refractivity contribution in [1.29, 1.82) is 0 Å². The first-order valence-corrected chi connectivity index (χ1v) is 8.35. The van der Waals surface area contributed by atoms with Gasteiger partial charge in [-0.2, -0.15) is 0 Å². The lowest BCUT2D eigenvalue weighted by atomic mass is 9.87. The van der Waals surface area contributed by atoms with E-state index in [1.54, 1.807) is 0 Å². The van der Waals surface area contributed by atoms with E-state index >= 15 is 0 Å². The number of hydrogen-bond donors (Lipinski definition) is 1. The quantitative estimate of drug-likeness (QED) is 0.565. The molecule has 0 atom stereocenters. The lowest BCUT2D eigenvalue weighted by molar-refractivity contribution is 0.567. The summed E-state index contributed by atoms with van der Waals surface area (Å²) in [6.07, 6.45) is 2.55. The van der Waals surface area contributed by atoms with Gasteiger partial charge in [-0.1, -0.05) is 46.8 Å². The molecule has 0 aromatic heterocycles. The Labute approximate surface area is 123 Å². The molecule has 1 aromatic carbocycles. The first kappa shape index (κ1) is 16.6. The molecule has 0 spiro atoms. The second kappa shape index (κ2) is 7.96. The van der Waals surface area contributed by atoms with Crippen LogP contribution in [0.25, 0.3) is 0 Å². The Hall–Kier alpha value is -0.470. The summed E-state index contributed by atoms with van der Waals surface area (Å²) in [4.78, 5) is 1.39. The van der Waals surface area contributed by atoms with Crippen LogP contribution in [0.1, 0.15) is 53.0 Å². The van der Waals surface area contributed by atoms with Crippen LogP contribution in [0.5, 0.6) is 0 Å². The monoisotopic (exact) mass is 279 g/mol. The van der Waals surface area contributed by atoms with E-state index in [1.807, 2.05) is 11.8 Å². The third-order valence-corrected chi connectivity index (χ3v) is 4.21. The number of benzene rings is 1. The van der Waals surface area contributed by atoms with Crippen LogP contribution in [0.3, 0.4) is 0 Å². The summed E-state index contributed by atoms with van der Waals surface area (Å²) in [5.41, 5.74) is 1.67. The molecule has 0 bridgehead atoms. The van der Waals surface area contributed by atoms with E-state index in [0.717, 1.165) is 6.54 Å². The number of nitrogens with one attached hydrogen (secondary N) is 1. The molecule has 0 aliphatic rings. The van der Waals surface area contributed by atoms with Crippen molar-refractivity contribution in [3.63, 3.8) is 0 Å². The van der Waals surface area contributed by atoms with Crippen molar-refractivity contribution >= 4 is 11.8 Å². The molecule has 0 aliphatic carbocycles. The highest BCUT2D eigenvalue weighted by Gasteiger charge is 2.12. The summed E-state index contributed by atoms with van der Waals surface area (Å²) in [6, 6.07) is 9.66. The van der Waals surface area contributed by atoms with Gasteiger partial charge in [0.25, 0.3) is 0 Å². The molecule has 0 unspecified atom stereocenters. The molecule has 1 rings (SSSR count). The Bertz CT molecular complexity index is 349. The van der Waals surface area contributed by atoms with Gasteiger partial charge in [-0.05, 0) is 48.3 Å². The summed E-state index contributed by atoms with van der Waals surface area (Å²) in [5.74, 6) is 1.22. The third kappa shape index (κ3) is 7.03. The van der Waals surface area contributed by atoms with Crippen LogP contribution < -0.4 is 5.32 Å². The Balaban J connectivity index is 2.23. The number of thioether (sulfide) groups is 1. The summed E-state index contributed by atoms with van der Waals surface area (Å²) < 4.78 is 0. The maximum atomic E-state index is 3.46. The molecule has 0 fully saturated rings. The molecular formula is C17H29NS. The van der Waals surface area contributed by atoms with Crippen molar-refractivity contribution in [2.45, 2.75) is 63.8 Å². The average Bonchev–Trinajstić information content (AvgIpc) is 2.32. The molecule has 0 aliphatic heterocycles. The standard InChI is InChI=1S/C17H29NS/c1-14(2)18-12-6-7-13-19-16-10-8-15(9-11-16)17(3,4)5/h8-11,14,18H,6-7,12-13H2,1-5H3. The van der Waals surface area contributed by atoms with Gasteiger partial charge in [0, 0.05) is 10.9 Å². The Kier molecular flexibility index (Phi) is 6.95. The molecule has 0 radical (unpaired) electrons. The van der Waals surface area contributed by atoms with E-state index in [0.29, 0.717) is 6.04 Å². The zero-order valence-corrected chi connectivity index (χ0v) is 13.9. The smallest absolute Gasteiger partial charge is 0.00721 e. The van der Waals surface area contributed by atoms with E-state index in [9.17, 15) is 0 Å². The second-order valence-electron chi connectivity index (χ2n) is 6.44. The topological polar surface area (TPSA) is 12.0 Å². The average molecular weight is 279 g/mol. The molecule has 108 valence electrons. The first-order chi connectivity index (χ1) is 8.89. The van der Waals surface area contributed by atoms with Crippen molar-refractivity contribution in [2.75, 3.05) is 12.3 Å². The molecule has 1 nitrogen and oxygen atoms in total. The minimum absolute atomic E-state index is 0.256. The highest BCUT2D eigenvalue weighted by molar-refractivity contribution is 7.99. The van der Waals surface area contributed by atoms with Gasteiger partial charge in [-0.3, -0.25) is 0 Å². The van der Waals surface area contributed by atoms with Gasteiger partial charge in [0.05, 0.1) is 0 Å². The largest absolute Gasteiger partial charge is 0.315 e. The summed E-state index contributed by atoms with van der Waals surface area (Å²) in [5, 5.41) is 3.46. The molecule has 0 saturated carbocycles. The Morgan fingerprint density at radius 1 is 1.05 bits per heavy atom. The Morgan fingerprint density at radius 2 is 1.68 bits per heavy atom. The highest BCUT2D eigenvalue weighted by atomic mass is 32.2. The van der Waals surface area contributed by atoms with Gasteiger partial charge in [0.1, 0.15) is 0 Å². The fraction of sp³-hybridized carbons (Fsp3) is 0.647. The highest BCUT2D eigenvalue weighted by Crippen LogP contribution is 2.25. The van der Waals surface area contributed by atoms with Gasteiger partial charge in [0.15, 0.2) is 0 Å². The van der Waals surface area contributed by atoms with E-state index in [4.69, 9.17) is 0 Å². The van der Waals surface area contributed by atoms with Gasteiger partial charge >= 0.3 is 0 Å². The van der Waals surface area contributed by atoms with Crippen LogP contribution in [0.4, 0.5) is 0 Å². The van der Waals surface area contributed by atoms with E-state index < -0.39 is 0 Å². The second-order valence-corrected chi connectivity index (χ2v) is 7.61. The molecule has 0 saturated heterocycles. The minimum Gasteiger partial charge on any atom is -0.315 e. The van der Waals surface area contributed by atoms with Crippen molar-refractivity contribution in [3.8, 4) is 0 Å². The van der Waals surface area contributed by atoms with Crippen molar-refractivity contribution < 1.29 is 0 Å². The van der Waals surface area contributed by atoms with Crippen LogP contribution in [0, 0.1) is 0 Å². The predicted molar refractivity (Wildman–Crippen MR) is 88.2 cm³/mol. The molecule has 19 heavy (non-hydrogen) atoms. The molecule has 1 aromatic rings. The van der Waals surface area contributed by atoms with Crippen molar-refractivity contribution in [3.05, 3.63) is 29.8 Å². The fourth-order valence-corrected chi connectivity index (χ4v) is 2.77. The number of unbranched alkanes of at least 4 members (excludes halogenated alkanes) is 1. The number of hydrogen-bond acceptors (Lipinski definition) is 2. The van der Waals surface area contributed by atoms with Gasteiger partial charge in [0.2, 0.25) is 0 Å². The van der Waals surface area contributed by atoms with Gasteiger partial charge in [-0.25, -0.2) is 0 Å². The van der Waals surface area contributed by atoms with Crippen LogP contribution in [0.2, 0.25) is 0 Å². The van der Waals surface area contributed by atoms with Crippen LogP contribution >= 0.6 is 11.8 Å². The molecule has 2 heteroatoms. The van der Waals surface area contributed by atoms with Crippen molar-refractivity contribution in [2.24, 2.45) is 0 Å². The van der Waals surface area contributed by atoms with Crippen LogP contribution in [-0.2, 0) is 5.41 Å². The fourth-order valence-electron chi connectivity index (χ4n) is 1.86. The SMILES string of the molecule is CC(C)NCCCCSc1ccc(C(C)(C)C)cc1. The lowest BCUT2D eigenvalue weighted by Crippen LogP contribution is -2.23. The predicted octanol–water partition coefficient (Wildman–Crippen LogP) is 4.85. The molecule has 0 heterocycles. The van der Waals surface area contributed by atoms with Gasteiger partial charge in [-0.15, -0.1) is 11.8 Å². The summed E-state index contributed by atoms with van der Waals surface area (Å²) in [7, 11) is 0. The first-order valence-electron chi connectivity index (χ1n) is 7.36. The van der Waals surface area contributed by atoms with Crippen LogP contribution in [-0.4, -0.2) is 18.3 Å². The van der Waals surface area contributed by atoms with E-state index in [1.165, 1.54) is 29.1 Å². The maximum Gasteiger partial charge on any atom is 0.00721 e. The molecule has 1 N–H and O–H groups in total. The third-order valence-electron chi connectivity index (χ3n) is 3.11. The number of rotatable bonds is 7. The van der Waals surface area contributed by atoms with E-state index in [-0.39, 0.29) is 5.41 Å². The summed E-state index contributed by atoms with van der Waals surface area (Å²) in [6.45, 7) is 12.3. The zero-order valence-electron chi connectivity index (χ0n) is 13.1. The minimum atomic E-state index is 0.256. The summed E-state index contributed by atoms with van der Waals surface area (Å²) >= 11 is 1.97. The Morgan fingerprint density at radius 3 is 2.21 bits per heavy atom. The normalized spacial score (nSPS) is 12.1. The van der Waals surface area contributed by atoms with Gasteiger partial charge < -0.3 is 5.32 Å². The zero-order chi connectivity index (χ0) is 14.3. The van der Waals surface area contributed by atoms with Crippen LogP contribution in [0.15, 0.2) is 29.2 Å². The lowest BCUT2D eigenvalue weighted by Gasteiger charge is -2.19. The van der Waals surface area contributed by atoms with Crippen molar-refractivity contribution in [1.82, 2.24) is 5.32 Å². The maximum absolute atomic E-state index is 3.46.